The number of nitrogens with one attached hydrogen (secondary N) is 3. The van der Waals surface area contributed by atoms with E-state index in [9.17, 15) is 15.0 Å². The van der Waals surface area contributed by atoms with Gasteiger partial charge in [-0.25, -0.2) is 4.99 Å². The Bertz CT molecular complexity index is 1050. The van der Waals surface area contributed by atoms with Crippen LogP contribution in [0.15, 0.2) is 39.8 Å². The van der Waals surface area contributed by atoms with Gasteiger partial charge in [0.2, 0.25) is 0 Å². The summed E-state index contributed by atoms with van der Waals surface area (Å²) in [7, 11) is 0. The van der Waals surface area contributed by atoms with Gasteiger partial charge in [-0.1, -0.05) is 11.6 Å². The number of amides is 1. The molecule has 1 fully saturated rings. The van der Waals surface area contributed by atoms with Gasteiger partial charge < -0.3 is 35.9 Å². The summed E-state index contributed by atoms with van der Waals surface area (Å²) < 4.78 is 6.03. The van der Waals surface area contributed by atoms with Crippen LogP contribution in [-0.4, -0.2) is 60.5 Å². The molecule has 0 spiro atoms. The number of ether oxygens (including phenoxy) is 1. The molecule has 176 valence electrons. The fourth-order valence-corrected chi connectivity index (χ4v) is 4.38. The molecule has 0 bridgehead atoms. The van der Waals surface area contributed by atoms with Crippen LogP contribution < -0.4 is 20.3 Å². The molecule has 4 rings (SSSR count). The predicted molar refractivity (Wildman–Crippen MR) is 128 cm³/mol. The van der Waals surface area contributed by atoms with E-state index in [2.05, 4.69) is 20.5 Å². The summed E-state index contributed by atoms with van der Waals surface area (Å²) in [6.45, 7) is 3.36. The van der Waals surface area contributed by atoms with Crippen molar-refractivity contribution in [3.63, 3.8) is 0 Å². The number of nitrogens with zero attached hydrogens (tertiary/aromatic N) is 2. The molecule has 1 aromatic carbocycles. The van der Waals surface area contributed by atoms with Gasteiger partial charge in [0.25, 0.3) is 5.91 Å². The lowest BCUT2D eigenvalue weighted by atomic mass is 9.96. The third-order valence-corrected chi connectivity index (χ3v) is 6.41. The highest BCUT2D eigenvalue weighted by molar-refractivity contribution is 6.39. The lowest BCUT2D eigenvalue weighted by Gasteiger charge is -2.34. The number of aliphatic hydroxyl groups excluding tert-OH is 2. The number of anilines is 2. The van der Waals surface area contributed by atoms with Crippen molar-refractivity contribution in [2.24, 2.45) is 10.9 Å². The molecule has 1 aromatic rings. The van der Waals surface area contributed by atoms with Crippen molar-refractivity contribution in [2.45, 2.75) is 31.8 Å². The van der Waals surface area contributed by atoms with Crippen LogP contribution in [0.5, 0.6) is 5.75 Å². The van der Waals surface area contributed by atoms with E-state index in [1.54, 1.807) is 0 Å². The van der Waals surface area contributed by atoms with Gasteiger partial charge in [-0.2, -0.15) is 0 Å². The van der Waals surface area contributed by atoms with Crippen molar-refractivity contribution in [3.8, 4) is 5.75 Å². The molecule has 1 atom stereocenters. The number of carbonyl (C=O) groups excluding carboxylic acids is 1. The van der Waals surface area contributed by atoms with Crippen molar-refractivity contribution in [1.82, 2.24) is 5.32 Å². The number of hydrogen-bond acceptors (Lipinski definition) is 8. The van der Waals surface area contributed by atoms with E-state index in [0.29, 0.717) is 22.9 Å². The summed E-state index contributed by atoms with van der Waals surface area (Å²) in [5.74, 6) is 0.709. The van der Waals surface area contributed by atoms with E-state index in [0.717, 1.165) is 43.4 Å². The topological polar surface area (TPSA) is 130 Å². The van der Waals surface area contributed by atoms with Gasteiger partial charge in [-0.05, 0) is 31.7 Å². The maximum absolute atomic E-state index is 13.1. The number of aliphatic imine (C=N–C) groups is 1. The quantitative estimate of drug-likeness (QED) is 0.318. The second-order valence-corrected chi connectivity index (χ2v) is 9.21. The third-order valence-electron chi connectivity index (χ3n) is 6.20. The molecule has 0 unspecified atom stereocenters. The zero-order chi connectivity index (χ0) is 23.6. The number of fused-ring (bicyclic) bond motifs is 1. The normalized spacial score (nSPS) is 23.9. The number of rotatable bonds is 6. The number of carbonyl (C=O) groups is 1. The minimum absolute atomic E-state index is 0.0635. The SMILES string of the molecule is C[C@@]1(CO)Cc2cc(NC(=O)/C(C=N)=C3\N=CC(Cl)=CN3)c(N3CCC(CO)CC3)cc2O1. The lowest BCUT2D eigenvalue weighted by molar-refractivity contribution is -0.112. The van der Waals surface area contributed by atoms with Crippen LogP contribution in [-0.2, 0) is 11.2 Å². The standard InChI is InChI=1S/C23H28ClN5O4/c1-23(13-31)8-15-6-18(28-22(32)17(9-25)21-26-10-16(24)11-27-21)19(7-20(15)33-23)29-4-2-14(12-30)3-5-29/h6-7,9-11,14,25-26,30-31H,2-5,8,12-13H2,1H3,(H,28,32)/b21-17-,25-9?/t23-/m0/s1. The molecule has 0 aromatic heterocycles. The number of benzene rings is 1. The minimum Gasteiger partial charge on any atom is -0.484 e. The van der Waals surface area contributed by atoms with E-state index in [1.807, 2.05) is 19.1 Å². The Kier molecular flexibility index (Phi) is 6.73. The third kappa shape index (κ3) is 4.90. The van der Waals surface area contributed by atoms with Crippen LogP contribution in [0.3, 0.4) is 0 Å². The second kappa shape index (κ2) is 9.54. The Morgan fingerprint density at radius 1 is 1.42 bits per heavy atom. The number of allylic oxidation sites excluding steroid dienone is 1. The summed E-state index contributed by atoms with van der Waals surface area (Å²) >= 11 is 5.87. The average Bonchev–Trinajstić information content (AvgIpc) is 3.16. The first-order valence-corrected chi connectivity index (χ1v) is 11.3. The van der Waals surface area contributed by atoms with Gasteiger partial charge in [-0.15, -0.1) is 0 Å². The molecule has 3 aliphatic heterocycles. The molecular formula is C23H28ClN5O4. The fraction of sp³-hybridized carbons (Fsp3) is 0.435. The molecule has 0 radical (unpaired) electrons. The summed E-state index contributed by atoms with van der Waals surface area (Å²) in [5.41, 5.74) is 1.65. The maximum Gasteiger partial charge on any atom is 0.261 e. The number of halogens is 1. The number of aliphatic hydroxyl groups is 2. The van der Waals surface area contributed by atoms with Crippen molar-refractivity contribution < 1.29 is 19.7 Å². The summed E-state index contributed by atoms with van der Waals surface area (Å²) in [6, 6.07) is 3.78. The molecule has 3 heterocycles. The Hall–Kier alpha value is -2.88. The van der Waals surface area contributed by atoms with E-state index in [4.69, 9.17) is 21.7 Å². The van der Waals surface area contributed by atoms with Crippen LogP contribution in [0.1, 0.15) is 25.3 Å². The Morgan fingerprint density at radius 2 is 2.18 bits per heavy atom. The summed E-state index contributed by atoms with van der Waals surface area (Å²) in [5, 5.41) is 33.2. The molecule has 3 aliphatic rings. The average molecular weight is 474 g/mol. The highest BCUT2D eigenvalue weighted by Crippen LogP contribution is 2.42. The monoisotopic (exact) mass is 473 g/mol. The number of piperidine rings is 1. The van der Waals surface area contributed by atoms with Gasteiger partial charge in [-0.3, -0.25) is 4.79 Å². The van der Waals surface area contributed by atoms with Gasteiger partial charge >= 0.3 is 0 Å². The van der Waals surface area contributed by atoms with Crippen LogP contribution in [0.4, 0.5) is 11.4 Å². The largest absolute Gasteiger partial charge is 0.484 e. The first-order chi connectivity index (χ1) is 15.9. The molecule has 1 amide bonds. The van der Waals surface area contributed by atoms with Crippen LogP contribution in [0.25, 0.3) is 0 Å². The maximum atomic E-state index is 13.1. The van der Waals surface area contributed by atoms with Crippen molar-refractivity contribution in [2.75, 3.05) is 36.5 Å². The van der Waals surface area contributed by atoms with E-state index in [-0.39, 0.29) is 30.5 Å². The van der Waals surface area contributed by atoms with Crippen LogP contribution >= 0.6 is 11.6 Å². The van der Waals surface area contributed by atoms with Crippen LogP contribution in [0, 0.1) is 11.3 Å². The zero-order valence-electron chi connectivity index (χ0n) is 18.4. The second-order valence-electron chi connectivity index (χ2n) is 8.77. The van der Waals surface area contributed by atoms with Gasteiger partial charge in [0.15, 0.2) is 0 Å². The molecule has 9 nitrogen and oxygen atoms in total. The zero-order valence-corrected chi connectivity index (χ0v) is 19.2. The summed E-state index contributed by atoms with van der Waals surface area (Å²) in [4.78, 5) is 19.4. The van der Waals surface area contributed by atoms with Crippen molar-refractivity contribution in [3.05, 3.63) is 40.3 Å². The lowest BCUT2D eigenvalue weighted by Crippen LogP contribution is -2.35. The molecule has 5 N–H and O–H groups in total. The number of hydrogen-bond donors (Lipinski definition) is 5. The van der Waals surface area contributed by atoms with E-state index in [1.165, 1.54) is 12.4 Å². The molecule has 10 heteroatoms. The molecular weight excluding hydrogens is 446 g/mol. The fourth-order valence-electron chi connectivity index (χ4n) is 4.27. The Labute approximate surface area is 197 Å². The van der Waals surface area contributed by atoms with E-state index >= 15 is 0 Å². The highest BCUT2D eigenvalue weighted by Gasteiger charge is 2.36. The van der Waals surface area contributed by atoms with Crippen molar-refractivity contribution >= 4 is 41.3 Å². The van der Waals surface area contributed by atoms with Gasteiger partial charge in [0.1, 0.15) is 17.2 Å². The molecule has 33 heavy (non-hydrogen) atoms. The first kappa shape index (κ1) is 23.3. The minimum atomic E-state index is -0.708. The molecule has 0 saturated carbocycles. The smallest absolute Gasteiger partial charge is 0.261 e. The van der Waals surface area contributed by atoms with Gasteiger partial charge in [0.05, 0.1) is 28.6 Å². The Balaban J connectivity index is 1.66. The predicted octanol–water partition coefficient (Wildman–Crippen LogP) is 2.14. The summed E-state index contributed by atoms with van der Waals surface area (Å²) in [6.07, 6.45) is 6.06. The van der Waals surface area contributed by atoms with Crippen LogP contribution in [0.2, 0.25) is 0 Å². The van der Waals surface area contributed by atoms with E-state index < -0.39 is 11.5 Å². The molecule has 0 aliphatic carbocycles. The highest BCUT2D eigenvalue weighted by atomic mass is 35.5. The Morgan fingerprint density at radius 3 is 2.79 bits per heavy atom. The molecule has 1 saturated heterocycles. The van der Waals surface area contributed by atoms with Crippen molar-refractivity contribution in [1.29, 1.82) is 5.41 Å². The first-order valence-electron chi connectivity index (χ1n) is 10.9. The van der Waals surface area contributed by atoms with Gasteiger partial charge in [0, 0.05) is 56.4 Å².